The molecule has 15 heavy (non-hydrogen) atoms. The second-order valence-electron chi connectivity index (χ2n) is 3.72. The van der Waals surface area contributed by atoms with Crippen LogP contribution in [0.5, 0.6) is 0 Å². The first-order valence-electron chi connectivity index (χ1n) is 5.24. The monoisotopic (exact) mass is 250 g/mol. The molecule has 0 aromatic carbocycles. The highest BCUT2D eigenvalue weighted by atomic mass is 32.2. The molecule has 6 heteroatoms. The Morgan fingerprint density at radius 3 is 2.47 bits per heavy atom. The highest BCUT2D eigenvalue weighted by molar-refractivity contribution is 7.91. The quantitative estimate of drug-likeness (QED) is 0.734. The van der Waals surface area contributed by atoms with Gasteiger partial charge >= 0.3 is 0 Å². The zero-order valence-electron chi connectivity index (χ0n) is 9.19. The van der Waals surface area contributed by atoms with Gasteiger partial charge in [0.2, 0.25) is 0 Å². The van der Waals surface area contributed by atoms with E-state index in [0.717, 1.165) is 13.1 Å². The first-order chi connectivity index (χ1) is 6.98. The van der Waals surface area contributed by atoms with Crippen molar-refractivity contribution in [3.8, 4) is 0 Å². The molecule has 1 rings (SSSR count). The lowest BCUT2D eigenvalue weighted by Crippen LogP contribution is -2.44. The summed E-state index contributed by atoms with van der Waals surface area (Å²) >= 11 is 5.21. The Balaban J connectivity index is 2.46. The van der Waals surface area contributed by atoms with E-state index in [1.54, 1.807) is 0 Å². The van der Waals surface area contributed by atoms with Crippen LogP contribution in [0.2, 0.25) is 0 Å². The summed E-state index contributed by atoms with van der Waals surface area (Å²) in [4.78, 5) is 2.01. The van der Waals surface area contributed by atoms with Gasteiger partial charge < -0.3 is 10.2 Å². The second-order valence-corrected chi connectivity index (χ2v) is 6.34. The van der Waals surface area contributed by atoms with Gasteiger partial charge in [-0.05, 0) is 32.5 Å². The van der Waals surface area contributed by atoms with Gasteiger partial charge in [-0.25, -0.2) is 8.42 Å². The number of hydrogen-bond donors (Lipinski definition) is 1. The average molecular weight is 250 g/mol. The number of thiocarbonyl (C=S) groups is 1. The predicted octanol–water partition coefficient (Wildman–Crippen LogP) is 0.390. The molecule has 0 spiro atoms. The van der Waals surface area contributed by atoms with Crippen molar-refractivity contribution in [2.24, 2.45) is 0 Å². The lowest BCUT2D eigenvalue weighted by molar-refractivity contribution is 0.447. The minimum atomic E-state index is -2.82. The fourth-order valence-electron chi connectivity index (χ4n) is 1.69. The molecule has 0 radical (unpaired) electrons. The van der Waals surface area contributed by atoms with Crippen LogP contribution in [-0.4, -0.2) is 49.1 Å². The Hall–Kier alpha value is -0.360. The lowest BCUT2D eigenvalue weighted by atomic mass is 10.3. The molecule has 0 bridgehead atoms. The van der Waals surface area contributed by atoms with Gasteiger partial charge in [0, 0.05) is 19.1 Å². The van der Waals surface area contributed by atoms with E-state index in [0.29, 0.717) is 11.5 Å². The highest BCUT2D eigenvalue weighted by Crippen LogP contribution is 2.11. The lowest BCUT2D eigenvalue weighted by Gasteiger charge is -2.24. The summed E-state index contributed by atoms with van der Waals surface area (Å²) in [6, 6.07) is 0.00287. The van der Waals surface area contributed by atoms with Crippen molar-refractivity contribution >= 4 is 27.2 Å². The third kappa shape index (κ3) is 3.61. The number of nitrogens with zero attached hydrogens (tertiary/aromatic N) is 1. The summed E-state index contributed by atoms with van der Waals surface area (Å²) in [7, 11) is -2.82. The zero-order chi connectivity index (χ0) is 11.5. The molecule has 0 aliphatic carbocycles. The van der Waals surface area contributed by atoms with E-state index in [-0.39, 0.29) is 17.5 Å². The average Bonchev–Trinajstić information content (AvgIpc) is 2.47. The van der Waals surface area contributed by atoms with E-state index in [9.17, 15) is 8.42 Å². The molecule has 88 valence electrons. The molecule has 4 nitrogen and oxygen atoms in total. The van der Waals surface area contributed by atoms with Crippen molar-refractivity contribution < 1.29 is 8.42 Å². The molecule has 0 aromatic heterocycles. The van der Waals surface area contributed by atoms with Gasteiger partial charge in [-0.2, -0.15) is 0 Å². The molecular weight excluding hydrogens is 232 g/mol. The third-order valence-corrected chi connectivity index (χ3v) is 4.75. The maximum Gasteiger partial charge on any atom is 0.169 e. The smallest absolute Gasteiger partial charge is 0.169 e. The fraction of sp³-hybridized carbons (Fsp3) is 0.889. The van der Waals surface area contributed by atoms with Crippen molar-refractivity contribution in [2.45, 2.75) is 26.3 Å². The number of rotatable bonds is 3. The standard InChI is InChI=1S/C9H18N2O2S2/c1-3-11(4-2)9(14)10-8-5-6-15(12,13)7-8/h8H,3-7H2,1-2H3,(H,10,14)/t8-/m0/s1. The minimum absolute atomic E-state index is 0.00287. The first kappa shape index (κ1) is 12.7. The molecular formula is C9H18N2O2S2. The van der Waals surface area contributed by atoms with Crippen molar-refractivity contribution in [3.63, 3.8) is 0 Å². The van der Waals surface area contributed by atoms with Crippen LogP contribution in [0.15, 0.2) is 0 Å². The van der Waals surface area contributed by atoms with Gasteiger partial charge in [0.25, 0.3) is 0 Å². The highest BCUT2D eigenvalue weighted by Gasteiger charge is 2.28. The van der Waals surface area contributed by atoms with Gasteiger partial charge in [0.15, 0.2) is 14.9 Å². The van der Waals surface area contributed by atoms with Crippen LogP contribution in [0.25, 0.3) is 0 Å². The fourth-order valence-corrected chi connectivity index (χ4v) is 3.78. The molecule has 1 aliphatic heterocycles. The molecule has 1 saturated heterocycles. The van der Waals surface area contributed by atoms with Crippen molar-refractivity contribution in [1.82, 2.24) is 10.2 Å². The van der Waals surface area contributed by atoms with Gasteiger partial charge in [0.05, 0.1) is 11.5 Å². The Labute approximate surface area is 96.9 Å². The molecule has 0 unspecified atom stereocenters. The Morgan fingerprint density at radius 2 is 2.07 bits per heavy atom. The van der Waals surface area contributed by atoms with Gasteiger partial charge in [-0.15, -0.1) is 0 Å². The summed E-state index contributed by atoms with van der Waals surface area (Å²) in [6.45, 7) is 5.76. The van der Waals surface area contributed by atoms with Crippen LogP contribution < -0.4 is 5.32 Å². The van der Waals surface area contributed by atoms with Crippen LogP contribution in [0.4, 0.5) is 0 Å². The van der Waals surface area contributed by atoms with Crippen LogP contribution >= 0.6 is 12.2 Å². The Bertz CT molecular complexity index is 323. The van der Waals surface area contributed by atoms with Gasteiger partial charge in [-0.1, -0.05) is 0 Å². The summed E-state index contributed by atoms with van der Waals surface area (Å²) in [5.41, 5.74) is 0. The van der Waals surface area contributed by atoms with Crippen LogP contribution in [0, 0.1) is 0 Å². The largest absolute Gasteiger partial charge is 0.359 e. The number of sulfone groups is 1. The number of hydrogen-bond acceptors (Lipinski definition) is 3. The van der Waals surface area contributed by atoms with E-state index >= 15 is 0 Å². The molecule has 0 amide bonds. The normalized spacial score (nSPS) is 23.7. The summed E-state index contributed by atoms with van der Waals surface area (Å²) in [6.07, 6.45) is 0.670. The second kappa shape index (κ2) is 5.12. The van der Waals surface area contributed by atoms with E-state index in [2.05, 4.69) is 5.32 Å². The minimum Gasteiger partial charge on any atom is -0.359 e. The Kier molecular flexibility index (Phi) is 4.33. The maximum atomic E-state index is 11.2. The summed E-state index contributed by atoms with van der Waals surface area (Å²) in [5.74, 6) is 0.500. The summed E-state index contributed by atoms with van der Waals surface area (Å²) < 4.78 is 22.5. The van der Waals surface area contributed by atoms with Crippen molar-refractivity contribution in [3.05, 3.63) is 0 Å². The SMILES string of the molecule is CCN(CC)C(=S)N[C@H]1CCS(=O)(=O)C1. The molecule has 1 aliphatic rings. The van der Waals surface area contributed by atoms with Crippen molar-refractivity contribution in [1.29, 1.82) is 0 Å². The van der Waals surface area contributed by atoms with Gasteiger partial charge in [0.1, 0.15) is 0 Å². The molecule has 0 saturated carbocycles. The predicted molar refractivity (Wildman–Crippen MR) is 65.7 cm³/mol. The Morgan fingerprint density at radius 1 is 1.47 bits per heavy atom. The molecule has 1 fully saturated rings. The van der Waals surface area contributed by atoms with Crippen LogP contribution in [-0.2, 0) is 9.84 Å². The maximum absolute atomic E-state index is 11.2. The number of nitrogens with one attached hydrogen (secondary N) is 1. The molecule has 1 atom stereocenters. The van der Waals surface area contributed by atoms with Crippen LogP contribution in [0.3, 0.4) is 0 Å². The van der Waals surface area contributed by atoms with Crippen molar-refractivity contribution in [2.75, 3.05) is 24.6 Å². The third-order valence-electron chi connectivity index (χ3n) is 2.61. The zero-order valence-corrected chi connectivity index (χ0v) is 10.8. The van der Waals surface area contributed by atoms with Gasteiger partial charge in [-0.3, -0.25) is 0 Å². The summed E-state index contributed by atoms with van der Waals surface area (Å²) in [5, 5.41) is 3.78. The van der Waals surface area contributed by atoms with Crippen LogP contribution in [0.1, 0.15) is 20.3 Å². The topological polar surface area (TPSA) is 49.4 Å². The first-order valence-corrected chi connectivity index (χ1v) is 7.47. The molecule has 0 aromatic rings. The van der Waals surface area contributed by atoms with E-state index in [4.69, 9.17) is 12.2 Å². The molecule has 1 N–H and O–H groups in total. The van der Waals surface area contributed by atoms with E-state index < -0.39 is 9.84 Å². The van der Waals surface area contributed by atoms with E-state index in [1.807, 2.05) is 18.7 Å². The molecule has 1 heterocycles. The van der Waals surface area contributed by atoms with E-state index in [1.165, 1.54) is 0 Å².